The van der Waals surface area contributed by atoms with Gasteiger partial charge in [0.05, 0.1) is 18.8 Å². The fourth-order valence-corrected chi connectivity index (χ4v) is 4.56. The summed E-state index contributed by atoms with van der Waals surface area (Å²) in [6, 6.07) is 9.89. The van der Waals surface area contributed by atoms with Crippen LogP contribution in [0.4, 0.5) is 0 Å². The summed E-state index contributed by atoms with van der Waals surface area (Å²) in [5, 5.41) is 11.0. The van der Waals surface area contributed by atoms with Gasteiger partial charge in [0.25, 0.3) is 5.91 Å². The van der Waals surface area contributed by atoms with E-state index >= 15 is 0 Å². The molecule has 8 heteroatoms. The Morgan fingerprint density at radius 3 is 2.65 bits per heavy atom. The number of carbonyl (C=O) groups excluding carboxylic acids is 2. The molecule has 1 atom stereocenters. The molecule has 1 aromatic carbocycles. The Balaban J connectivity index is 1.28. The number of hydrogen-bond donors (Lipinski definition) is 1. The highest BCUT2D eigenvalue weighted by Crippen LogP contribution is 2.25. The van der Waals surface area contributed by atoms with Crippen LogP contribution in [-0.2, 0) is 17.9 Å². The highest BCUT2D eigenvalue weighted by molar-refractivity contribution is 5.91. The summed E-state index contributed by atoms with van der Waals surface area (Å²) in [6.45, 7) is 4.01. The zero-order valence-electron chi connectivity index (χ0n) is 18.2. The van der Waals surface area contributed by atoms with Gasteiger partial charge in [-0.1, -0.05) is 35.5 Å². The van der Waals surface area contributed by atoms with Gasteiger partial charge in [-0.3, -0.25) is 9.59 Å². The predicted octanol–water partition coefficient (Wildman–Crippen LogP) is 1.93. The molecule has 0 radical (unpaired) electrons. The SMILES string of the molecule is CN1CCC(CC(=O)N2CCCC2Cn2cc(C(=O)NCc3ccccc3)nn2)CC1. The highest BCUT2D eigenvalue weighted by Gasteiger charge is 2.31. The third-order valence-electron chi connectivity index (χ3n) is 6.46. The van der Waals surface area contributed by atoms with E-state index in [0.29, 0.717) is 31.1 Å². The second-order valence-corrected chi connectivity index (χ2v) is 8.83. The van der Waals surface area contributed by atoms with Crippen molar-refractivity contribution in [2.24, 2.45) is 5.92 Å². The van der Waals surface area contributed by atoms with E-state index in [4.69, 9.17) is 0 Å². The third kappa shape index (κ3) is 5.70. The van der Waals surface area contributed by atoms with Crippen molar-refractivity contribution >= 4 is 11.8 Å². The van der Waals surface area contributed by atoms with Crippen molar-refractivity contribution in [2.45, 2.75) is 51.2 Å². The Hall–Kier alpha value is -2.74. The van der Waals surface area contributed by atoms with Crippen LogP contribution in [-0.4, -0.2) is 69.3 Å². The summed E-state index contributed by atoms with van der Waals surface area (Å²) in [4.78, 5) is 29.7. The molecule has 0 aliphatic carbocycles. The van der Waals surface area contributed by atoms with Gasteiger partial charge in [0.15, 0.2) is 5.69 Å². The highest BCUT2D eigenvalue weighted by atomic mass is 16.2. The van der Waals surface area contributed by atoms with Crippen LogP contribution in [0.5, 0.6) is 0 Å². The van der Waals surface area contributed by atoms with Crippen molar-refractivity contribution in [2.75, 3.05) is 26.7 Å². The molecular weight excluding hydrogens is 392 g/mol. The van der Waals surface area contributed by atoms with Gasteiger partial charge < -0.3 is 15.1 Å². The summed E-state index contributed by atoms with van der Waals surface area (Å²) < 4.78 is 1.70. The standard InChI is InChI=1S/C23H32N6O2/c1-27-12-9-18(10-13-27)14-22(30)29-11-5-8-20(29)16-28-17-21(25-26-28)23(31)24-15-19-6-3-2-4-7-19/h2-4,6-7,17-18,20H,5,8-16H2,1H3,(H,24,31). The molecule has 2 fully saturated rings. The molecule has 0 spiro atoms. The van der Waals surface area contributed by atoms with Crippen molar-refractivity contribution in [3.8, 4) is 0 Å². The maximum atomic E-state index is 12.9. The van der Waals surface area contributed by atoms with Crippen molar-refractivity contribution in [1.29, 1.82) is 0 Å². The van der Waals surface area contributed by atoms with Crippen molar-refractivity contribution in [1.82, 2.24) is 30.1 Å². The summed E-state index contributed by atoms with van der Waals surface area (Å²) in [7, 11) is 2.14. The first kappa shape index (κ1) is 21.5. The van der Waals surface area contributed by atoms with Crippen molar-refractivity contribution in [3.05, 3.63) is 47.8 Å². The molecule has 0 bridgehead atoms. The molecule has 31 heavy (non-hydrogen) atoms. The van der Waals surface area contributed by atoms with E-state index in [1.54, 1.807) is 10.9 Å². The van der Waals surface area contributed by atoms with Crippen LogP contribution >= 0.6 is 0 Å². The molecule has 0 saturated carbocycles. The van der Waals surface area contributed by atoms with Crippen molar-refractivity contribution < 1.29 is 9.59 Å². The molecule has 1 unspecified atom stereocenters. The average molecular weight is 425 g/mol. The van der Waals surface area contributed by atoms with Crippen LogP contribution in [0.25, 0.3) is 0 Å². The fraction of sp³-hybridized carbons (Fsp3) is 0.565. The Bertz CT molecular complexity index is 875. The van der Waals surface area contributed by atoms with Gasteiger partial charge in [-0.2, -0.15) is 0 Å². The summed E-state index contributed by atoms with van der Waals surface area (Å²) in [6.07, 6.45) is 6.52. The lowest BCUT2D eigenvalue weighted by Crippen LogP contribution is -2.40. The topological polar surface area (TPSA) is 83.4 Å². The molecule has 1 N–H and O–H groups in total. The Morgan fingerprint density at radius 2 is 1.87 bits per heavy atom. The quantitative estimate of drug-likeness (QED) is 0.734. The lowest BCUT2D eigenvalue weighted by molar-refractivity contribution is -0.133. The van der Waals surface area contributed by atoms with Gasteiger partial charge in [0.2, 0.25) is 5.91 Å². The largest absolute Gasteiger partial charge is 0.347 e. The minimum absolute atomic E-state index is 0.126. The second kappa shape index (κ2) is 10.0. The van der Waals surface area contributed by atoms with Crippen LogP contribution in [0, 0.1) is 5.92 Å². The first-order chi connectivity index (χ1) is 15.1. The van der Waals surface area contributed by atoms with E-state index in [1.165, 1.54) is 0 Å². The predicted molar refractivity (Wildman–Crippen MR) is 117 cm³/mol. The van der Waals surface area contributed by atoms with Gasteiger partial charge >= 0.3 is 0 Å². The van der Waals surface area contributed by atoms with Crippen LogP contribution in [0.3, 0.4) is 0 Å². The molecule has 8 nitrogen and oxygen atoms in total. The molecule has 2 aromatic rings. The Kier molecular flexibility index (Phi) is 6.96. The third-order valence-corrected chi connectivity index (χ3v) is 6.46. The molecule has 2 amide bonds. The molecule has 1 aromatic heterocycles. The molecule has 4 rings (SSSR count). The number of rotatable bonds is 7. The zero-order valence-corrected chi connectivity index (χ0v) is 18.2. The van der Waals surface area contributed by atoms with Gasteiger partial charge in [-0.25, -0.2) is 4.68 Å². The molecular formula is C23H32N6O2. The molecule has 166 valence electrons. The number of likely N-dealkylation sites (tertiary alicyclic amines) is 2. The smallest absolute Gasteiger partial charge is 0.273 e. The number of carbonyl (C=O) groups is 2. The van der Waals surface area contributed by atoms with E-state index < -0.39 is 0 Å². The monoisotopic (exact) mass is 424 g/mol. The summed E-state index contributed by atoms with van der Waals surface area (Å²) in [5.41, 5.74) is 1.34. The van der Waals surface area contributed by atoms with E-state index in [2.05, 4.69) is 27.6 Å². The van der Waals surface area contributed by atoms with E-state index in [-0.39, 0.29) is 17.9 Å². The lowest BCUT2D eigenvalue weighted by atomic mass is 9.93. The molecule has 3 heterocycles. The van der Waals surface area contributed by atoms with Gasteiger partial charge in [-0.05, 0) is 57.3 Å². The minimum Gasteiger partial charge on any atom is -0.347 e. The fourth-order valence-electron chi connectivity index (χ4n) is 4.56. The van der Waals surface area contributed by atoms with Gasteiger partial charge in [0.1, 0.15) is 0 Å². The number of amides is 2. The van der Waals surface area contributed by atoms with Crippen LogP contribution in [0.15, 0.2) is 36.5 Å². The number of piperidine rings is 1. The second-order valence-electron chi connectivity index (χ2n) is 8.83. The number of hydrogen-bond acceptors (Lipinski definition) is 5. The number of nitrogens with one attached hydrogen (secondary N) is 1. The molecule has 2 aliphatic rings. The number of nitrogens with zero attached hydrogens (tertiary/aromatic N) is 5. The van der Waals surface area contributed by atoms with Crippen LogP contribution < -0.4 is 5.32 Å². The molecule has 2 aliphatic heterocycles. The summed E-state index contributed by atoms with van der Waals surface area (Å²) in [5.74, 6) is 0.519. The van der Waals surface area contributed by atoms with Gasteiger partial charge in [0, 0.05) is 19.5 Å². The summed E-state index contributed by atoms with van der Waals surface area (Å²) >= 11 is 0. The van der Waals surface area contributed by atoms with E-state index in [0.717, 1.165) is 50.9 Å². The van der Waals surface area contributed by atoms with E-state index in [1.807, 2.05) is 35.2 Å². The first-order valence-corrected chi connectivity index (χ1v) is 11.3. The maximum Gasteiger partial charge on any atom is 0.273 e. The lowest BCUT2D eigenvalue weighted by Gasteiger charge is -2.31. The number of benzene rings is 1. The number of aromatic nitrogens is 3. The van der Waals surface area contributed by atoms with Crippen LogP contribution in [0.2, 0.25) is 0 Å². The first-order valence-electron chi connectivity index (χ1n) is 11.3. The normalized spacial score (nSPS) is 20.2. The van der Waals surface area contributed by atoms with Crippen molar-refractivity contribution in [3.63, 3.8) is 0 Å². The van der Waals surface area contributed by atoms with E-state index in [9.17, 15) is 9.59 Å². The van der Waals surface area contributed by atoms with Gasteiger partial charge in [-0.15, -0.1) is 5.10 Å². The maximum absolute atomic E-state index is 12.9. The van der Waals surface area contributed by atoms with Crippen LogP contribution in [0.1, 0.15) is 48.2 Å². The Labute approximate surface area is 183 Å². The zero-order chi connectivity index (χ0) is 21.6. The minimum atomic E-state index is -0.239. The average Bonchev–Trinajstić information content (AvgIpc) is 3.44. The molecule has 2 saturated heterocycles. The Morgan fingerprint density at radius 1 is 1.10 bits per heavy atom.